The number of benzene rings is 2. The van der Waals surface area contributed by atoms with Gasteiger partial charge in [0, 0.05) is 24.8 Å². The Balaban J connectivity index is 1.90. The highest BCUT2D eigenvalue weighted by Crippen LogP contribution is 2.31. The highest BCUT2D eigenvalue weighted by atomic mass is 32.2. The lowest BCUT2D eigenvalue weighted by molar-refractivity contribution is 0.0697. The van der Waals surface area contributed by atoms with Crippen LogP contribution in [0.25, 0.3) is 0 Å². The Kier molecular flexibility index (Phi) is 6.71. The van der Waals surface area contributed by atoms with Crippen LogP contribution >= 0.6 is 0 Å². The van der Waals surface area contributed by atoms with Crippen molar-refractivity contribution in [1.29, 1.82) is 0 Å². The molecule has 3 rings (SSSR count). The van der Waals surface area contributed by atoms with E-state index in [0.717, 1.165) is 38.8 Å². The number of anilines is 2. The van der Waals surface area contributed by atoms with Gasteiger partial charge in [-0.05, 0) is 43.2 Å². The predicted octanol–water partition coefficient (Wildman–Crippen LogP) is 3.58. The molecule has 9 heteroatoms. The van der Waals surface area contributed by atoms with Crippen molar-refractivity contribution < 1.29 is 27.8 Å². The summed E-state index contributed by atoms with van der Waals surface area (Å²) in [6.45, 7) is 1.58. The number of ether oxygens (including phenoxy) is 2. The Morgan fingerprint density at radius 1 is 0.967 bits per heavy atom. The van der Waals surface area contributed by atoms with E-state index >= 15 is 0 Å². The molecule has 1 aliphatic heterocycles. The number of nitrogens with zero attached hydrogens (tertiary/aromatic N) is 1. The molecule has 0 unspecified atom stereocenters. The lowest BCUT2D eigenvalue weighted by atomic mass is 10.1. The average Bonchev–Trinajstić information content (AvgIpc) is 3.02. The van der Waals surface area contributed by atoms with Gasteiger partial charge in [0.25, 0.3) is 10.0 Å². The number of aromatic carboxylic acids is 1. The van der Waals surface area contributed by atoms with Crippen LogP contribution in [0.4, 0.5) is 11.4 Å². The third-order valence-electron chi connectivity index (χ3n) is 5.09. The van der Waals surface area contributed by atoms with E-state index in [1.54, 1.807) is 12.1 Å². The van der Waals surface area contributed by atoms with Crippen molar-refractivity contribution in [3.05, 3.63) is 42.0 Å². The maximum atomic E-state index is 12.8. The summed E-state index contributed by atoms with van der Waals surface area (Å²) in [5.41, 5.74) is 0.864. The van der Waals surface area contributed by atoms with Crippen molar-refractivity contribution in [2.24, 2.45) is 0 Å². The molecule has 0 aromatic heterocycles. The Hall–Kier alpha value is -2.94. The Labute approximate surface area is 176 Å². The van der Waals surface area contributed by atoms with E-state index in [2.05, 4.69) is 9.62 Å². The standard InChI is InChI=1S/C21H26N2O6S/c1-28-19-10-8-16(14-20(19)29-2)30(26,27)22-15-7-9-18(17(13-15)21(24)25)23-11-5-3-4-6-12-23/h7-10,13-14,22H,3-6,11-12H2,1-2H3,(H,24,25). The second-order valence-electron chi connectivity index (χ2n) is 7.06. The molecular formula is C21H26N2O6S. The van der Waals surface area contributed by atoms with Crippen molar-refractivity contribution in [3.63, 3.8) is 0 Å². The second kappa shape index (κ2) is 9.25. The number of methoxy groups -OCH3 is 2. The van der Waals surface area contributed by atoms with Crippen molar-refractivity contribution >= 4 is 27.4 Å². The minimum absolute atomic E-state index is 0.0198. The fourth-order valence-electron chi connectivity index (χ4n) is 3.56. The largest absolute Gasteiger partial charge is 0.493 e. The maximum absolute atomic E-state index is 12.8. The van der Waals surface area contributed by atoms with E-state index in [-0.39, 0.29) is 21.9 Å². The summed E-state index contributed by atoms with van der Waals surface area (Å²) in [5.74, 6) is -0.407. The van der Waals surface area contributed by atoms with Gasteiger partial charge < -0.3 is 19.5 Å². The van der Waals surface area contributed by atoms with Crippen molar-refractivity contribution in [3.8, 4) is 11.5 Å². The molecule has 0 bridgehead atoms. The molecule has 2 aromatic carbocycles. The van der Waals surface area contributed by atoms with E-state index in [1.165, 1.54) is 38.5 Å². The van der Waals surface area contributed by atoms with Gasteiger partial charge in [0.2, 0.25) is 0 Å². The molecule has 1 heterocycles. The first kappa shape index (κ1) is 21.8. The fourth-order valence-corrected chi connectivity index (χ4v) is 4.62. The summed E-state index contributed by atoms with van der Waals surface area (Å²) >= 11 is 0. The van der Waals surface area contributed by atoms with E-state index in [0.29, 0.717) is 11.4 Å². The SMILES string of the molecule is COc1ccc(S(=O)(=O)Nc2ccc(N3CCCCCC3)c(C(=O)O)c2)cc1OC. The molecule has 0 saturated carbocycles. The zero-order chi connectivity index (χ0) is 21.7. The zero-order valence-electron chi connectivity index (χ0n) is 17.1. The van der Waals surface area contributed by atoms with Crippen LogP contribution < -0.4 is 19.1 Å². The molecule has 1 fully saturated rings. The van der Waals surface area contributed by atoms with Gasteiger partial charge in [-0.25, -0.2) is 13.2 Å². The molecule has 30 heavy (non-hydrogen) atoms. The lowest BCUT2D eigenvalue weighted by Crippen LogP contribution is -2.26. The molecular weight excluding hydrogens is 408 g/mol. The molecule has 8 nitrogen and oxygen atoms in total. The second-order valence-corrected chi connectivity index (χ2v) is 8.74. The first-order valence-electron chi connectivity index (χ1n) is 9.73. The van der Waals surface area contributed by atoms with Crippen LogP contribution in [0.1, 0.15) is 36.0 Å². The van der Waals surface area contributed by atoms with Crippen LogP contribution in [0.15, 0.2) is 41.3 Å². The van der Waals surface area contributed by atoms with Gasteiger partial charge in [0.05, 0.1) is 30.4 Å². The minimum atomic E-state index is -3.95. The first-order chi connectivity index (χ1) is 14.4. The Morgan fingerprint density at radius 2 is 1.63 bits per heavy atom. The number of carbonyl (C=O) groups is 1. The van der Waals surface area contributed by atoms with Crippen LogP contribution in [0.5, 0.6) is 11.5 Å². The number of nitrogens with one attached hydrogen (secondary N) is 1. The minimum Gasteiger partial charge on any atom is -0.493 e. The summed E-state index contributed by atoms with van der Waals surface area (Å²) in [6, 6.07) is 8.86. The summed E-state index contributed by atoms with van der Waals surface area (Å²) in [6.07, 6.45) is 4.27. The summed E-state index contributed by atoms with van der Waals surface area (Å²) < 4.78 is 38.4. The monoisotopic (exact) mass is 434 g/mol. The normalized spacial score (nSPS) is 14.7. The van der Waals surface area contributed by atoms with E-state index in [4.69, 9.17) is 9.47 Å². The van der Waals surface area contributed by atoms with Crippen LogP contribution in [-0.2, 0) is 10.0 Å². The summed E-state index contributed by atoms with van der Waals surface area (Å²) in [5, 5.41) is 9.70. The molecule has 0 aliphatic carbocycles. The lowest BCUT2D eigenvalue weighted by Gasteiger charge is -2.25. The number of rotatable bonds is 7. The summed E-state index contributed by atoms with van der Waals surface area (Å²) in [7, 11) is -1.07. The third kappa shape index (κ3) is 4.79. The smallest absolute Gasteiger partial charge is 0.337 e. The predicted molar refractivity (Wildman–Crippen MR) is 114 cm³/mol. The van der Waals surface area contributed by atoms with Crippen molar-refractivity contribution in [2.45, 2.75) is 30.6 Å². The van der Waals surface area contributed by atoms with Crippen LogP contribution in [0, 0.1) is 0 Å². The van der Waals surface area contributed by atoms with Gasteiger partial charge in [-0.2, -0.15) is 0 Å². The van der Waals surface area contributed by atoms with Gasteiger partial charge in [-0.1, -0.05) is 12.8 Å². The van der Waals surface area contributed by atoms with Crippen LogP contribution in [0.2, 0.25) is 0 Å². The average molecular weight is 435 g/mol. The highest BCUT2D eigenvalue weighted by Gasteiger charge is 2.21. The quantitative estimate of drug-likeness (QED) is 0.686. The molecule has 0 spiro atoms. The first-order valence-corrected chi connectivity index (χ1v) is 11.2. The molecule has 0 amide bonds. The number of carboxylic acid groups (broad SMARTS) is 1. The van der Waals surface area contributed by atoms with Crippen LogP contribution in [-0.4, -0.2) is 46.8 Å². The molecule has 162 valence electrons. The summed E-state index contributed by atoms with van der Waals surface area (Å²) in [4.78, 5) is 13.9. The number of sulfonamides is 1. The molecule has 0 radical (unpaired) electrons. The Morgan fingerprint density at radius 3 is 2.23 bits per heavy atom. The van der Waals surface area contributed by atoms with Crippen molar-refractivity contribution in [2.75, 3.05) is 36.9 Å². The van der Waals surface area contributed by atoms with E-state index in [1.807, 2.05) is 0 Å². The Bertz CT molecular complexity index is 1010. The number of hydrogen-bond donors (Lipinski definition) is 2. The van der Waals surface area contributed by atoms with E-state index < -0.39 is 16.0 Å². The molecule has 0 atom stereocenters. The molecule has 1 saturated heterocycles. The van der Waals surface area contributed by atoms with Crippen LogP contribution in [0.3, 0.4) is 0 Å². The third-order valence-corrected chi connectivity index (χ3v) is 6.47. The highest BCUT2D eigenvalue weighted by molar-refractivity contribution is 7.92. The van der Waals surface area contributed by atoms with Crippen molar-refractivity contribution in [1.82, 2.24) is 0 Å². The zero-order valence-corrected chi connectivity index (χ0v) is 17.9. The maximum Gasteiger partial charge on any atom is 0.337 e. The molecule has 1 aliphatic rings. The molecule has 2 aromatic rings. The van der Waals surface area contributed by atoms with Gasteiger partial charge in [0.1, 0.15) is 0 Å². The van der Waals surface area contributed by atoms with Gasteiger partial charge in [-0.15, -0.1) is 0 Å². The number of hydrogen-bond acceptors (Lipinski definition) is 6. The van der Waals surface area contributed by atoms with Gasteiger partial charge in [-0.3, -0.25) is 4.72 Å². The topological polar surface area (TPSA) is 105 Å². The fraction of sp³-hybridized carbons (Fsp3) is 0.381. The van der Waals surface area contributed by atoms with E-state index in [9.17, 15) is 18.3 Å². The van der Waals surface area contributed by atoms with Gasteiger partial charge in [0.15, 0.2) is 11.5 Å². The van der Waals surface area contributed by atoms with Gasteiger partial charge >= 0.3 is 5.97 Å². The molecule has 2 N–H and O–H groups in total. The number of carboxylic acids is 1.